The first-order valence-corrected chi connectivity index (χ1v) is 9.71. The van der Waals surface area contributed by atoms with Crippen molar-refractivity contribution in [1.29, 1.82) is 0 Å². The number of fused-ring (bicyclic) bond motifs is 3. The Morgan fingerprint density at radius 3 is 2.81 bits per heavy atom. The van der Waals surface area contributed by atoms with Crippen molar-refractivity contribution in [2.24, 2.45) is 7.05 Å². The zero-order chi connectivity index (χ0) is 18.3. The second kappa shape index (κ2) is 6.82. The summed E-state index contributed by atoms with van der Waals surface area (Å²) in [6.45, 7) is 2.53. The standard InChI is InChI=1S/C20H18ClN3OS/c1-12-3-5-13(6-4-12)10-22-20(25)18-16-11-26-17-8-7-14(21)9-15(17)19(16)24(2)23-18/h3-9H,10-11H2,1-2H3,(H,22,25). The van der Waals surface area contributed by atoms with Gasteiger partial charge >= 0.3 is 0 Å². The first-order chi connectivity index (χ1) is 12.5. The Bertz CT molecular complexity index is 995. The van der Waals surface area contributed by atoms with E-state index in [9.17, 15) is 4.79 Å². The van der Waals surface area contributed by atoms with E-state index in [1.165, 1.54) is 5.56 Å². The Balaban J connectivity index is 1.62. The first kappa shape index (κ1) is 17.2. The molecule has 0 atom stereocenters. The van der Waals surface area contributed by atoms with Crippen molar-refractivity contribution in [3.05, 3.63) is 69.9 Å². The molecular formula is C20H18ClN3OS. The van der Waals surface area contributed by atoms with Crippen LogP contribution in [-0.4, -0.2) is 15.7 Å². The van der Waals surface area contributed by atoms with Gasteiger partial charge in [-0.05, 0) is 30.7 Å². The van der Waals surface area contributed by atoms with Gasteiger partial charge in [-0.15, -0.1) is 11.8 Å². The average molecular weight is 384 g/mol. The molecule has 0 saturated heterocycles. The molecule has 0 unspecified atom stereocenters. The molecule has 3 aromatic rings. The maximum absolute atomic E-state index is 12.7. The summed E-state index contributed by atoms with van der Waals surface area (Å²) in [6, 6.07) is 14.0. The molecule has 26 heavy (non-hydrogen) atoms. The third-order valence-electron chi connectivity index (χ3n) is 4.50. The number of carbonyl (C=O) groups is 1. The number of benzene rings is 2. The van der Waals surface area contributed by atoms with Crippen LogP contribution < -0.4 is 5.32 Å². The van der Waals surface area contributed by atoms with Crippen molar-refractivity contribution in [3.8, 4) is 11.3 Å². The van der Waals surface area contributed by atoms with E-state index in [1.807, 2.05) is 56.4 Å². The molecule has 0 aliphatic carbocycles. The topological polar surface area (TPSA) is 46.9 Å². The molecule has 4 nitrogen and oxygen atoms in total. The van der Waals surface area contributed by atoms with Crippen molar-refractivity contribution < 1.29 is 4.79 Å². The lowest BCUT2D eigenvalue weighted by Gasteiger charge is -2.17. The van der Waals surface area contributed by atoms with Gasteiger partial charge in [0, 0.05) is 40.4 Å². The van der Waals surface area contributed by atoms with Gasteiger partial charge in [0.25, 0.3) is 5.91 Å². The second-order valence-electron chi connectivity index (χ2n) is 6.40. The highest BCUT2D eigenvalue weighted by molar-refractivity contribution is 7.98. The normalized spacial score (nSPS) is 12.4. The highest BCUT2D eigenvalue weighted by Gasteiger charge is 2.27. The smallest absolute Gasteiger partial charge is 0.272 e. The molecule has 2 aromatic carbocycles. The third kappa shape index (κ3) is 3.13. The quantitative estimate of drug-likeness (QED) is 0.719. The highest BCUT2D eigenvalue weighted by Crippen LogP contribution is 2.43. The summed E-state index contributed by atoms with van der Waals surface area (Å²) < 4.78 is 1.78. The molecule has 1 aromatic heterocycles. The molecular weight excluding hydrogens is 366 g/mol. The van der Waals surface area contributed by atoms with Crippen LogP contribution in [0.5, 0.6) is 0 Å². The molecule has 0 bridgehead atoms. The molecule has 1 N–H and O–H groups in total. The van der Waals surface area contributed by atoms with E-state index in [0.717, 1.165) is 33.0 Å². The lowest BCUT2D eigenvalue weighted by molar-refractivity contribution is 0.0944. The third-order valence-corrected chi connectivity index (χ3v) is 5.84. The molecule has 0 saturated carbocycles. The molecule has 1 aliphatic heterocycles. The van der Waals surface area contributed by atoms with E-state index in [2.05, 4.69) is 10.4 Å². The van der Waals surface area contributed by atoms with Gasteiger partial charge in [-0.1, -0.05) is 41.4 Å². The highest BCUT2D eigenvalue weighted by atomic mass is 35.5. The molecule has 132 valence electrons. The Morgan fingerprint density at radius 1 is 1.27 bits per heavy atom. The van der Waals surface area contributed by atoms with Crippen LogP contribution in [0.25, 0.3) is 11.3 Å². The Labute approximate surface area is 161 Å². The number of halogens is 1. The number of nitrogens with zero attached hydrogens (tertiary/aromatic N) is 2. The van der Waals surface area contributed by atoms with E-state index >= 15 is 0 Å². The van der Waals surface area contributed by atoms with Crippen LogP contribution >= 0.6 is 23.4 Å². The van der Waals surface area contributed by atoms with E-state index in [1.54, 1.807) is 16.4 Å². The molecule has 1 amide bonds. The number of hydrogen-bond donors (Lipinski definition) is 1. The largest absolute Gasteiger partial charge is 0.347 e. The number of thioether (sulfide) groups is 1. The van der Waals surface area contributed by atoms with Crippen molar-refractivity contribution in [3.63, 3.8) is 0 Å². The molecule has 0 spiro atoms. The first-order valence-electron chi connectivity index (χ1n) is 8.35. The minimum Gasteiger partial charge on any atom is -0.347 e. The minimum absolute atomic E-state index is 0.145. The molecule has 1 aliphatic rings. The summed E-state index contributed by atoms with van der Waals surface area (Å²) in [5, 5.41) is 8.16. The van der Waals surface area contributed by atoms with Crippen LogP contribution in [0.4, 0.5) is 0 Å². The van der Waals surface area contributed by atoms with Crippen molar-refractivity contribution in [1.82, 2.24) is 15.1 Å². The summed E-state index contributed by atoms with van der Waals surface area (Å²) in [4.78, 5) is 13.9. The monoisotopic (exact) mass is 383 g/mol. The Hall–Kier alpha value is -2.24. The summed E-state index contributed by atoms with van der Waals surface area (Å²) in [5.74, 6) is 0.582. The van der Waals surface area contributed by atoms with Crippen LogP contribution in [0.3, 0.4) is 0 Å². The van der Waals surface area contributed by atoms with E-state index in [0.29, 0.717) is 17.3 Å². The van der Waals surface area contributed by atoms with Gasteiger partial charge in [0.15, 0.2) is 5.69 Å². The van der Waals surface area contributed by atoms with E-state index in [4.69, 9.17) is 11.6 Å². The van der Waals surface area contributed by atoms with Gasteiger partial charge < -0.3 is 5.32 Å². The lowest BCUT2D eigenvalue weighted by Crippen LogP contribution is -2.24. The predicted octanol–water partition coefficient (Wildman–Crippen LogP) is 4.58. The minimum atomic E-state index is -0.145. The maximum Gasteiger partial charge on any atom is 0.272 e. The number of amides is 1. The van der Waals surface area contributed by atoms with Crippen molar-refractivity contribution in [2.45, 2.75) is 24.1 Å². The van der Waals surface area contributed by atoms with Gasteiger partial charge in [-0.2, -0.15) is 5.10 Å². The van der Waals surface area contributed by atoms with Crippen LogP contribution in [0.2, 0.25) is 5.02 Å². The fourth-order valence-corrected chi connectivity index (χ4v) is 4.38. The summed E-state index contributed by atoms with van der Waals surface area (Å²) in [6.07, 6.45) is 0. The van der Waals surface area contributed by atoms with Crippen LogP contribution in [0, 0.1) is 6.92 Å². The number of aryl methyl sites for hydroxylation is 2. The van der Waals surface area contributed by atoms with E-state index < -0.39 is 0 Å². The zero-order valence-corrected chi connectivity index (χ0v) is 16.1. The molecule has 6 heteroatoms. The number of carbonyl (C=O) groups excluding carboxylic acids is 1. The summed E-state index contributed by atoms with van der Waals surface area (Å²) in [7, 11) is 1.87. The molecule has 2 heterocycles. The van der Waals surface area contributed by atoms with Crippen molar-refractivity contribution in [2.75, 3.05) is 0 Å². The SMILES string of the molecule is Cc1ccc(CNC(=O)c2nn(C)c3c2CSc2ccc(Cl)cc2-3)cc1. The van der Waals surface area contributed by atoms with Crippen LogP contribution in [0.1, 0.15) is 27.2 Å². The molecule has 4 rings (SSSR count). The number of rotatable bonds is 3. The van der Waals surface area contributed by atoms with Gasteiger partial charge in [-0.25, -0.2) is 0 Å². The zero-order valence-electron chi connectivity index (χ0n) is 14.5. The maximum atomic E-state index is 12.7. The lowest BCUT2D eigenvalue weighted by atomic mass is 10.1. The fraction of sp³-hybridized carbons (Fsp3) is 0.200. The van der Waals surface area contributed by atoms with Crippen molar-refractivity contribution >= 4 is 29.3 Å². The fourth-order valence-electron chi connectivity index (χ4n) is 3.16. The van der Waals surface area contributed by atoms with Gasteiger partial charge in [0.2, 0.25) is 0 Å². The van der Waals surface area contributed by atoms with E-state index in [-0.39, 0.29) is 5.91 Å². The number of hydrogen-bond acceptors (Lipinski definition) is 3. The molecule has 0 fully saturated rings. The predicted molar refractivity (Wildman–Crippen MR) is 106 cm³/mol. The summed E-state index contributed by atoms with van der Waals surface area (Å²) >= 11 is 7.88. The Morgan fingerprint density at radius 2 is 2.04 bits per heavy atom. The van der Waals surface area contributed by atoms with Gasteiger partial charge in [-0.3, -0.25) is 9.48 Å². The Kier molecular flexibility index (Phi) is 4.51. The second-order valence-corrected chi connectivity index (χ2v) is 7.85. The number of nitrogens with one attached hydrogen (secondary N) is 1. The number of aromatic nitrogens is 2. The van der Waals surface area contributed by atoms with Crippen LogP contribution in [-0.2, 0) is 19.3 Å². The van der Waals surface area contributed by atoms with Gasteiger partial charge in [0.1, 0.15) is 0 Å². The summed E-state index contributed by atoms with van der Waals surface area (Å²) in [5.41, 5.74) is 5.74. The average Bonchev–Trinajstić information content (AvgIpc) is 2.98. The molecule has 0 radical (unpaired) electrons. The van der Waals surface area contributed by atoms with Gasteiger partial charge in [0.05, 0.1) is 5.69 Å². The van der Waals surface area contributed by atoms with Crippen LogP contribution in [0.15, 0.2) is 47.4 Å².